The first-order valence-corrected chi connectivity index (χ1v) is 7.81. The summed E-state index contributed by atoms with van der Waals surface area (Å²) in [5.41, 5.74) is 3.40. The van der Waals surface area contributed by atoms with Crippen molar-refractivity contribution in [1.29, 1.82) is 5.26 Å². The molecule has 0 radical (unpaired) electrons. The molecule has 0 spiro atoms. The first-order valence-electron chi connectivity index (χ1n) is 7.81. The highest BCUT2D eigenvalue weighted by molar-refractivity contribution is 5.99. The summed E-state index contributed by atoms with van der Waals surface area (Å²) >= 11 is 0. The van der Waals surface area contributed by atoms with Crippen LogP contribution >= 0.6 is 0 Å². The normalized spacial score (nSPS) is 10.6. The summed E-state index contributed by atoms with van der Waals surface area (Å²) in [7, 11) is 0. The van der Waals surface area contributed by atoms with Crippen molar-refractivity contribution in [2.75, 3.05) is 13.2 Å². The lowest BCUT2D eigenvalue weighted by molar-refractivity contribution is -0.385. The standard InChI is InChI=1S/C18H16N4O5/c1-13(14-6-8-15(9-7-14)26-11-10-19)20-21-18(23)12-27-17-5-3-2-4-16(17)22(24)25/h2-9H,11-12H2,1H3,(H,21,23)/b20-13-. The summed E-state index contributed by atoms with van der Waals surface area (Å²) in [6.45, 7) is 1.25. The van der Waals surface area contributed by atoms with Crippen LogP contribution in [0.3, 0.4) is 0 Å². The molecule has 1 amide bonds. The van der Waals surface area contributed by atoms with Gasteiger partial charge in [-0.3, -0.25) is 14.9 Å². The van der Waals surface area contributed by atoms with E-state index in [1.807, 2.05) is 6.07 Å². The van der Waals surface area contributed by atoms with Crippen LogP contribution in [0.1, 0.15) is 12.5 Å². The van der Waals surface area contributed by atoms with Crippen molar-refractivity contribution >= 4 is 17.3 Å². The Morgan fingerprint density at radius 3 is 2.59 bits per heavy atom. The molecule has 9 heteroatoms. The zero-order valence-electron chi connectivity index (χ0n) is 14.4. The monoisotopic (exact) mass is 368 g/mol. The fourth-order valence-electron chi connectivity index (χ4n) is 2.02. The second-order valence-corrected chi connectivity index (χ2v) is 5.22. The maximum Gasteiger partial charge on any atom is 0.310 e. The highest BCUT2D eigenvalue weighted by Crippen LogP contribution is 2.25. The van der Waals surface area contributed by atoms with Crippen LogP contribution in [-0.2, 0) is 4.79 Å². The first-order chi connectivity index (χ1) is 13.0. The van der Waals surface area contributed by atoms with Crippen molar-refractivity contribution in [3.8, 4) is 17.6 Å². The molecule has 0 aromatic heterocycles. The molecule has 0 aliphatic heterocycles. The Bertz CT molecular complexity index is 887. The molecule has 1 N–H and O–H groups in total. The molecule has 0 aliphatic rings. The summed E-state index contributed by atoms with van der Waals surface area (Å²) in [6, 6.07) is 14.5. The molecule has 138 valence electrons. The molecular weight excluding hydrogens is 352 g/mol. The number of nitriles is 1. The minimum absolute atomic E-state index is 0.00584. The first kappa shape index (κ1) is 19.4. The van der Waals surface area contributed by atoms with E-state index >= 15 is 0 Å². The third kappa shape index (κ3) is 5.82. The predicted molar refractivity (Wildman–Crippen MR) is 96.5 cm³/mol. The Kier molecular flexibility index (Phi) is 6.84. The Hall–Kier alpha value is -3.93. The van der Waals surface area contributed by atoms with Gasteiger partial charge in [0.15, 0.2) is 19.0 Å². The molecule has 0 unspecified atom stereocenters. The molecule has 0 aliphatic carbocycles. The van der Waals surface area contributed by atoms with E-state index < -0.39 is 17.4 Å². The number of benzene rings is 2. The van der Waals surface area contributed by atoms with Crippen LogP contribution in [0.4, 0.5) is 5.69 Å². The Morgan fingerprint density at radius 2 is 1.93 bits per heavy atom. The van der Waals surface area contributed by atoms with Crippen LogP contribution in [0.5, 0.6) is 11.5 Å². The Labute approximate surface area is 155 Å². The molecule has 0 atom stereocenters. The number of hydrazone groups is 1. The van der Waals surface area contributed by atoms with Gasteiger partial charge in [0.05, 0.1) is 10.6 Å². The molecule has 2 aromatic carbocycles. The third-order valence-electron chi connectivity index (χ3n) is 3.34. The van der Waals surface area contributed by atoms with Gasteiger partial charge >= 0.3 is 5.69 Å². The van der Waals surface area contributed by atoms with Gasteiger partial charge in [-0.2, -0.15) is 10.4 Å². The summed E-state index contributed by atoms with van der Waals surface area (Å²) in [6.07, 6.45) is 0. The van der Waals surface area contributed by atoms with Gasteiger partial charge in [0.1, 0.15) is 11.8 Å². The minimum atomic E-state index is -0.584. The van der Waals surface area contributed by atoms with Gasteiger partial charge in [-0.15, -0.1) is 0 Å². The van der Waals surface area contributed by atoms with Crippen molar-refractivity contribution in [2.45, 2.75) is 6.92 Å². The number of hydrogen-bond donors (Lipinski definition) is 1. The lowest BCUT2D eigenvalue weighted by Gasteiger charge is -2.07. The van der Waals surface area contributed by atoms with Gasteiger partial charge in [-0.05, 0) is 42.8 Å². The number of nitrogens with one attached hydrogen (secondary N) is 1. The fourth-order valence-corrected chi connectivity index (χ4v) is 2.02. The lowest BCUT2D eigenvalue weighted by Crippen LogP contribution is -2.25. The van der Waals surface area contributed by atoms with Crippen molar-refractivity contribution in [2.24, 2.45) is 5.10 Å². The van der Waals surface area contributed by atoms with Crippen LogP contribution in [0.15, 0.2) is 53.6 Å². The van der Waals surface area contributed by atoms with Gasteiger partial charge in [-0.1, -0.05) is 12.1 Å². The van der Waals surface area contributed by atoms with Crippen molar-refractivity contribution in [1.82, 2.24) is 5.43 Å². The van der Waals surface area contributed by atoms with Crippen molar-refractivity contribution in [3.05, 3.63) is 64.2 Å². The third-order valence-corrected chi connectivity index (χ3v) is 3.34. The zero-order chi connectivity index (χ0) is 19.6. The number of amides is 1. The molecule has 27 heavy (non-hydrogen) atoms. The number of rotatable bonds is 8. The van der Waals surface area contributed by atoms with Gasteiger partial charge < -0.3 is 9.47 Å². The number of carbonyl (C=O) groups is 1. The van der Waals surface area contributed by atoms with Gasteiger partial charge in [0, 0.05) is 6.07 Å². The second-order valence-electron chi connectivity index (χ2n) is 5.22. The maximum atomic E-state index is 11.8. The van der Waals surface area contributed by atoms with E-state index in [0.29, 0.717) is 11.5 Å². The second kappa shape index (κ2) is 9.53. The van der Waals surface area contributed by atoms with E-state index in [2.05, 4.69) is 10.5 Å². The lowest BCUT2D eigenvalue weighted by atomic mass is 10.1. The smallest absolute Gasteiger partial charge is 0.310 e. The highest BCUT2D eigenvalue weighted by atomic mass is 16.6. The maximum absolute atomic E-state index is 11.8. The molecule has 2 rings (SSSR count). The van der Waals surface area contributed by atoms with Crippen LogP contribution < -0.4 is 14.9 Å². The summed E-state index contributed by atoms with van der Waals surface area (Å²) in [5.74, 6) is 0.00257. The van der Waals surface area contributed by atoms with Gasteiger partial charge in [0.25, 0.3) is 5.91 Å². The Morgan fingerprint density at radius 1 is 1.22 bits per heavy atom. The van der Waals surface area contributed by atoms with E-state index in [-0.39, 0.29) is 18.0 Å². The van der Waals surface area contributed by atoms with E-state index in [1.165, 1.54) is 18.2 Å². The molecule has 9 nitrogen and oxygen atoms in total. The number of ether oxygens (including phenoxy) is 2. The fraction of sp³-hybridized carbons (Fsp3) is 0.167. The van der Waals surface area contributed by atoms with Crippen LogP contribution in [0.25, 0.3) is 0 Å². The molecule has 0 bridgehead atoms. The summed E-state index contributed by atoms with van der Waals surface area (Å²) < 4.78 is 10.3. The quantitative estimate of drug-likeness (QED) is 0.433. The largest absolute Gasteiger partial charge is 0.479 e. The van der Waals surface area contributed by atoms with Crippen LogP contribution in [-0.4, -0.2) is 29.8 Å². The summed E-state index contributed by atoms with van der Waals surface area (Å²) in [4.78, 5) is 22.2. The number of nitro benzene ring substituents is 1. The van der Waals surface area contributed by atoms with E-state index in [4.69, 9.17) is 14.7 Å². The topological polar surface area (TPSA) is 127 Å². The van der Waals surface area contributed by atoms with E-state index in [9.17, 15) is 14.9 Å². The predicted octanol–water partition coefficient (Wildman–Crippen LogP) is 2.42. The van der Waals surface area contributed by atoms with Gasteiger partial charge in [0.2, 0.25) is 0 Å². The molecular formula is C18H16N4O5. The average molecular weight is 368 g/mol. The minimum Gasteiger partial charge on any atom is -0.479 e. The Balaban J connectivity index is 1.90. The van der Waals surface area contributed by atoms with E-state index in [1.54, 1.807) is 37.3 Å². The van der Waals surface area contributed by atoms with E-state index in [0.717, 1.165) is 5.56 Å². The number of carbonyl (C=O) groups excluding carboxylic acids is 1. The van der Waals surface area contributed by atoms with Crippen molar-refractivity contribution < 1.29 is 19.2 Å². The van der Waals surface area contributed by atoms with Crippen molar-refractivity contribution in [3.63, 3.8) is 0 Å². The summed E-state index contributed by atoms with van der Waals surface area (Å²) in [5, 5.41) is 23.3. The van der Waals surface area contributed by atoms with Crippen LogP contribution in [0, 0.1) is 21.4 Å². The van der Waals surface area contributed by atoms with Gasteiger partial charge in [-0.25, -0.2) is 5.43 Å². The molecule has 0 fully saturated rings. The molecule has 0 saturated heterocycles. The molecule has 0 heterocycles. The SMILES string of the molecule is C/C(=N/NC(=O)COc1ccccc1[N+](=O)[O-])c1ccc(OCC#N)cc1. The van der Waals surface area contributed by atoms with Crippen LogP contribution in [0.2, 0.25) is 0 Å². The zero-order valence-corrected chi connectivity index (χ0v) is 14.4. The number of nitro groups is 1. The number of nitrogens with zero attached hydrogens (tertiary/aromatic N) is 3. The number of hydrogen-bond acceptors (Lipinski definition) is 7. The number of para-hydroxylation sites is 2. The molecule has 0 saturated carbocycles. The highest BCUT2D eigenvalue weighted by Gasteiger charge is 2.14. The molecule has 2 aromatic rings. The average Bonchev–Trinajstić information content (AvgIpc) is 2.69.